The van der Waals surface area contributed by atoms with Gasteiger partial charge in [-0.3, -0.25) is 4.79 Å². The summed E-state index contributed by atoms with van der Waals surface area (Å²) in [7, 11) is 0. The molecule has 72 valence electrons. The van der Waals surface area contributed by atoms with Crippen LogP contribution in [0.2, 0.25) is 0 Å². The Hall–Kier alpha value is -0.280. The van der Waals surface area contributed by atoms with Crippen LogP contribution in [0.1, 0.15) is 20.8 Å². The predicted molar refractivity (Wildman–Crippen MR) is 51.6 cm³/mol. The van der Waals surface area contributed by atoms with E-state index in [2.05, 4.69) is 19.2 Å². The highest BCUT2D eigenvalue weighted by Crippen LogP contribution is 2.08. The number of piperazine rings is 1. The summed E-state index contributed by atoms with van der Waals surface area (Å²) < 4.78 is 0. The molecule has 1 aliphatic heterocycles. The fraction of sp³-hybridized carbons (Fsp3) is 0.875. The number of nitrogens with one attached hydrogen (secondary N) is 1. The number of amides is 1. The highest BCUT2D eigenvalue weighted by Gasteiger charge is 2.25. The summed E-state index contributed by atoms with van der Waals surface area (Å²) in [6.45, 7) is 7.63. The lowest BCUT2D eigenvalue weighted by atomic mass is 10.1. The van der Waals surface area contributed by atoms with Crippen molar-refractivity contribution in [2.24, 2.45) is 0 Å². The lowest BCUT2D eigenvalue weighted by Gasteiger charge is -2.38. The first kappa shape index (κ1) is 11.7. The molecule has 0 aromatic carbocycles. The first-order chi connectivity index (χ1) is 5.13. The van der Waals surface area contributed by atoms with Crippen molar-refractivity contribution in [1.29, 1.82) is 0 Å². The van der Waals surface area contributed by atoms with Crippen molar-refractivity contribution in [3.63, 3.8) is 0 Å². The van der Waals surface area contributed by atoms with E-state index in [4.69, 9.17) is 0 Å². The molecule has 1 rings (SSSR count). The van der Waals surface area contributed by atoms with Gasteiger partial charge in [0.2, 0.25) is 5.91 Å². The van der Waals surface area contributed by atoms with Crippen LogP contribution in [0.25, 0.3) is 0 Å². The molecule has 1 heterocycles. The maximum Gasteiger partial charge on any atom is 0.220 e. The van der Waals surface area contributed by atoms with Crippen LogP contribution in [0.3, 0.4) is 0 Å². The monoisotopic (exact) mass is 192 g/mol. The van der Waals surface area contributed by atoms with Crippen LogP contribution in [0.15, 0.2) is 0 Å². The number of nitrogens with zero attached hydrogens (tertiary/aromatic N) is 1. The van der Waals surface area contributed by atoms with Gasteiger partial charge in [-0.05, 0) is 13.8 Å². The molecule has 1 aliphatic rings. The molecule has 1 N–H and O–H groups in total. The topological polar surface area (TPSA) is 32.3 Å². The average Bonchev–Trinajstić information content (AvgIpc) is 1.85. The van der Waals surface area contributed by atoms with E-state index < -0.39 is 0 Å². The minimum Gasteiger partial charge on any atom is -0.335 e. The molecule has 4 heteroatoms. The summed E-state index contributed by atoms with van der Waals surface area (Å²) in [4.78, 5) is 13.1. The smallest absolute Gasteiger partial charge is 0.220 e. The minimum absolute atomic E-state index is 0. The van der Waals surface area contributed by atoms with Gasteiger partial charge in [-0.2, -0.15) is 0 Å². The molecule has 0 unspecified atom stereocenters. The quantitative estimate of drug-likeness (QED) is 0.611. The van der Waals surface area contributed by atoms with Crippen molar-refractivity contribution >= 4 is 18.3 Å². The number of rotatable bonds is 0. The number of hydrogen-bond acceptors (Lipinski definition) is 2. The van der Waals surface area contributed by atoms with Crippen LogP contribution in [0, 0.1) is 0 Å². The largest absolute Gasteiger partial charge is 0.335 e. The first-order valence-corrected chi connectivity index (χ1v) is 4.12. The summed E-state index contributed by atoms with van der Waals surface area (Å²) in [6, 6.07) is 0.687. The van der Waals surface area contributed by atoms with Gasteiger partial charge >= 0.3 is 0 Å². The molecule has 1 amide bonds. The van der Waals surface area contributed by atoms with Gasteiger partial charge in [0.15, 0.2) is 0 Å². The van der Waals surface area contributed by atoms with Crippen LogP contribution in [-0.4, -0.2) is 36.0 Å². The van der Waals surface area contributed by atoms with Crippen molar-refractivity contribution in [1.82, 2.24) is 10.2 Å². The van der Waals surface area contributed by atoms with E-state index in [1.54, 1.807) is 6.92 Å². The Morgan fingerprint density at radius 2 is 1.75 bits per heavy atom. The maximum absolute atomic E-state index is 11.1. The fourth-order valence-electron chi connectivity index (χ4n) is 1.75. The molecule has 0 radical (unpaired) electrons. The zero-order valence-corrected chi connectivity index (χ0v) is 8.65. The van der Waals surface area contributed by atoms with Crippen LogP contribution in [-0.2, 0) is 4.79 Å². The molecular formula is C8H17ClN2O. The van der Waals surface area contributed by atoms with Crippen molar-refractivity contribution < 1.29 is 4.79 Å². The van der Waals surface area contributed by atoms with E-state index in [1.807, 2.05) is 4.90 Å². The van der Waals surface area contributed by atoms with Crippen LogP contribution in [0.5, 0.6) is 0 Å². The Labute approximate surface area is 79.9 Å². The molecule has 0 aromatic rings. The Morgan fingerprint density at radius 3 is 2.00 bits per heavy atom. The third kappa shape index (κ3) is 2.35. The second-order valence-electron chi connectivity index (χ2n) is 3.28. The van der Waals surface area contributed by atoms with Gasteiger partial charge in [-0.25, -0.2) is 0 Å². The van der Waals surface area contributed by atoms with Gasteiger partial charge in [0, 0.05) is 32.1 Å². The molecule has 12 heavy (non-hydrogen) atoms. The van der Waals surface area contributed by atoms with E-state index in [-0.39, 0.29) is 18.3 Å². The molecule has 0 bridgehead atoms. The van der Waals surface area contributed by atoms with Crippen molar-refractivity contribution in [3.05, 3.63) is 0 Å². The zero-order valence-electron chi connectivity index (χ0n) is 7.83. The summed E-state index contributed by atoms with van der Waals surface area (Å²) >= 11 is 0. The van der Waals surface area contributed by atoms with E-state index in [0.29, 0.717) is 12.1 Å². The van der Waals surface area contributed by atoms with Crippen molar-refractivity contribution in [2.45, 2.75) is 32.9 Å². The van der Waals surface area contributed by atoms with Gasteiger partial charge in [-0.15, -0.1) is 12.4 Å². The van der Waals surface area contributed by atoms with Gasteiger partial charge in [0.05, 0.1) is 0 Å². The van der Waals surface area contributed by atoms with E-state index >= 15 is 0 Å². The summed E-state index contributed by atoms with van der Waals surface area (Å²) in [5, 5.41) is 3.28. The second kappa shape index (κ2) is 4.67. The number of carbonyl (C=O) groups is 1. The fourth-order valence-corrected chi connectivity index (χ4v) is 1.75. The SMILES string of the molecule is CC(=O)N1[C@H](C)CNC[C@@H]1C.Cl. The standard InChI is InChI=1S/C8H16N2O.ClH/c1-6-4-9-5-7(2)10(6)8(3)11;/h6-7,9H,4-5H2,1-3H3;1H/t6-,7+;. The third-order valence-corrected chi connectivity index (χ3v) is 2.19. The zero-order chi connectivity index (χ0) is 8.43. The van der Waals surface area contributed by atoms with Crippen LogP contribution < -0.4 is 5.32 Å². The average molecular weight is 193 g/mol. The predicted octanol–water partition coefficient (Wildman–Crippen LogP) is 0.637. The van der Waals surface area contributed by atoms with Crippen LogP contribution in [0.4, 0.5) is 0 Å². The highest BCUT2D eigenvalue weighted by atomic mass is 35.5. The highest BCUT2D eigenvalue weighted by molar-refractivity contribution is 5.85. The lowest BCUT2D eigenvalue weighted by molar-refractivity contribution is -0.134. The van der Waals surface area contributed by atoms with Crippen molar-refractivity contribution in [3.8, 4) is 0 Å². The van der Waals surface area contributed by atoms with E-state index in [1.165, 1.54) is 0 Å². The second-order valence-corrected chi connectivity index (χ2v) is 3.28. The maximum atomic E-state index is 11.1. The van der Waals surface area contributed by atoms with Gasteiger partial charge in [-0.1, -0.05) is 0 Å². The summed E-state index contributed by atoms with van der Waals surface area (Å²) in [6.07, 6.45) is 0. The minimum atomic E-state index is 0. The Morgan fingerprint density at radius 1 is 1.33 bits per heavy atom. The Kier molecular flexibility index (Phi) is 4.57. The Balaban J connectivity index is 0.00000121. The lowest BCUT2D eigenvalue weighted by Crippen LogP contribution is -2.56. The molecule has 1 saturated heterocycles. The molecule has 0 aromatic heterocycles. The molecule has 0 aliphatic carbocycles. The molecule has 0 saturated carbocycles. The molecule has 0 spiro atoms. The number of carbonyl (C=O) groups excluding carboxylic acids is 1. The van der Waals surface area contributed by atoms with Gasteiger partial charge < -0.3 is 10.2 Å². The van der Waals surface area contributed by atoms with Crippen LogP contribution >= 0.6 is 12.4 Å². The summed E-state index contributed by atoms with van der Waals surface area (Å²) in [5.74, 6) is 0.187. The van der Waals surface area contributed by atoms with E-state index in [0.717, 1.165) is 13.1 Å². The number of hydrogen-bond donors (Lipinski definition) is 1. The van der Waals surface area contributed by atoms with Gasteiger partial charge in [0.25, 0.3) is 0 Å². The van der Waals surface area contributed by atoms with Crippen molar-refractivity contribution in [2.75, 3.05) is 13.1 Å². The molecular weight excluding hydrogens is 176 g/mol. The molecule has 3 nitrogen and oxygen atoms in total. The third-order valence-electron chi connectivity index (χ3n) is 2.19. The Bertz CT molecular complexity index is 153. The molecule has 2 atom stereocenters. The van der Waals surface area contributed by atoms with Gasteiger partial charge in [0.1, 0.15) is 0 Å². The number of halogens is 1. The molecule has 1 fully saturated rings. The first-order valence-electron chi connectivity index (χ1n) is 4.12. The van der Waals surface area contributed by atoms with E-state index in [9.17, 15) is 4.79 Å². The normalized spacial score (nSPS) is 29.4. The summed E-state index contributed by atoms with van der Waals surface area (Å²) in [5.41, 5.74) is 0.